The Hall–Kier alpha value is -0.0400. The molecule has 1 spiro atoms. The maximum Gasteiger partial charge on any atom is 0.0185 e. The molecule has 0 aromatic heterocycles. The van der Waals surface area contributed by atoms with Crippen molar-refractivity contribution in [2.24, 2.45) is 11.8 Å². The van der Waals surface area contributed by atoms with Gasteiger partial charge in [0.25, 0.3) is 0 Å². The third kappa shape index (κ3) is 0.586. The van der Waals surface area contributed by atoms with Crippen molar-refractivity contribution >= 4 is 0 Å². The zero-order valence-electron chi connectivity index (χ0n) is 5.69. The molecule has 2 aliphatic carbocycles. The van der Waals surface area contributed by atoms with Crippen LogP contribution in [0.25, 0.3) is 0 Å². The van der Waals surface area contributed by atoms with Crippen molar-refractivity contribution < 1.29 is 0 Å². The molecule has 1 N–H and O–H groups in total. The fourth-order valence-corrected chi connectivity index (χ4v) is 2.26. The SMILES string of the molecule is C1NC2(CC2)CC2CC12. The summed E-state index contributed by atoms with van der Waals surface area (Å²) in [6, 6.07) is 0. The van der Waals surface area contributed by atoms with Gasteiger partial charge in [-0.2, -0.15) is 0 Å². The summed E-state index contributed by atoms with van der Waals surface area (Å²) in [5.41, 5.74) is 0.692. The molecule has 9 heavy (non-hydrogen) atoms. The van der Waals surface area contributed by atoms with E-state index in [4.69, 9.17) is 0 Å². The minimum absolute atomic E-state index is 0.692. The molecule has 3 fully saturated rings. The lowest BCUT2D eigenvalue weighted by molar-refractivity contribution is 0.369. The lowest BCUT2D eigenvalue weighted by Gasteiger charge is -2.21. The van der Waals surface area contributed by atoms with E-state index in [1.807, 2.05) is 0 Å². The van der Waals surface area contributed by atoms with Crippen LogP contribution in [0.4, 0.5) is 0 Å². The molecule has 1 aliphatic heterocycles. The zero-order valence-corrected chi connectivity index (χ0v) is 5.69. The largest absolute Gasteiger partial charge is 0.311 e. The second kappa shape index (κ2) is 1.20. The van der Waals surface area contributed by atoms with Crippen LogP contribution in [0.3, 0.4) is 0 Å². The van der Waals surface area contributed by atoms with Crippen LogP contribution >= 0.6 is 0 Å². The van der Waals surface area contributed by atoms with Gasteiger partial charge in [-0.1, -0.05) is 0 Å². The van der Waals surface area contributed by atoms with Gasteiger partial charge in [-0.15, -0.1) is 0 Å². The van der Waals surface area contributed by atoms with Gasteiger partial charge in [-0.05, 0) is 44.1 Å². The number of piperidine rings is 1. The first-order valence-corrected chi connectivity index (χ1v) is 4.13. The molecule has 50 valence electrons. The summed E-state index contributed by atoms with van der Waals surface area (Å²) in [6.07, 6.45) is 5.98. The Morgan fingerprint density at radius 3 is 2.78 bits per heavy atom. The van der Waals surface area contributed by atoms with E-state index < -0.39 is 0 Å². The van der Waals surface area contributed by atoms with E-state index in [0.29, 0.717) is 5.54 Å². The maximum absolute atomic E-state index is 3.66. The van der Waals surface area contributed by atoms with Gasteiger partial charge in [0.15, 0.2) is 0 Å². The molecule has 3 rings (SSSR count). The normalized spacial score (nSPS) is 50.7. The van der Waals surface area contributed by atoms with E-state index in [9.17, 15) is 0 Å². The number of fused-ring (bicyclic) bond motifs is 1. The minimum Gasteiger partial charge on any atom is -0.311 e. The number of hydrogen-bond donors (Lipinski definition) is 1. The Bertz CT molecular complexity index is 149. The summed E-state index contributed by atoms with van der Waals surface area (Å²) in [4.78, 5) is 0. The highest BCUT2D eigenvalue weighted by Gasteiger charge is 2.53. The first-order chi connectivity index (χ1) is 4.38. The molecular formula is C8H13N. The molecule has 0 radical (unpaired) electrons. The molecule has 1 heteroatoms. The van der Waals surface area contributed by atoms with Gasteiger partial charge in [0.2, 0.25) is 0 Å². The van der Waals surface area contributed by atoms with E-state index in [2.05, 4.69) is 5.32 Å². The Labute approximate surface area is 55.8 Å². The van der Waals surface area contributed by atoms with Crippen LogP contribution in [0.2, 0.25) is 0 Å². The van der Waals surface area contributed by atoms with Crippen molar-refractivity contribution in [3.05, 3.63) is 0 Å². The molecule has 2 saturated carbocycles. The molecule has 3 aliphatic rings. The monoisotopic (exact) mass is 123 g/mol. The second-order valence-corrected chi connectivity index (χ2v) is 4.12. The van der Waals surface area contributed by atoms with E-state index in [0.717, 1.165) is 11.8 Å². The van der Waals surface area contributed by atoms with Gasteiger partial charge in [0, 0.05) is 5.54 Å². The Morgan fingerprint density at radius 1 is 1.22 bits per heavy atom. The number of rotatable bonds is 0. The van der Waals surface area contributed by atoms with Crippen LogP contribution in [0, 0.1) is 11.8 Å². The van der Waals surface area contributed by atoms with Crippen molar-refractivity contribution in [1.29, 1.82) is 0 Å². The quantitative estimate of drug-likeness (QED) is 0.509. The van der Waals surface area contributed by atoms with Gasteiger partial charge < -0.3 is 5.32 Å². The molecule has 0 aromatic carbocycles. The lowest BCUT2D eigenvalue weighted by Crippen LogP contribution is -2.37. The summed E-state index contributed by atoms with van der Waals surface area (Å²) in [5, 5.41) is 3.66. The van der Waals surface area contributed by atoms with Crippen LogP contribution in [-0.2, 0) is 0 Å². The maximum atomic E-state index is 3.66. The molecule has 0 bridgehead atoms. The number of hydrogen-bond acceptors (Lipinski definition) is 1. The highest BCUT2D eigenvalue weighted by atomic mass is 15.1. The highest BCUT2D eigenvalue weighted by Crippen LogP contribution is 2.54. The van der Waals surface area contributed by atoms with Gasteiger partial charge in [-0.3, -0.25) is 0 Å². The third-order valence-electron chi connectivity index (χ3n) is 3.31. The lowest BCUT2D eigenvalue weighted by atomic mass is 10.0. The fraction of sp³-hybridized carbons (Fsp3) is 1.00. The van der Waals surface area contributed by atoms with Crippen LogP contribution < -0.4 is 5.32 Å². The average molecular weight is 123 g/mol. The second-order valence-electron chi connectivity index (χ2n) is 4.12. The topological polar surface area (TPSA) is 12.0 Å². The molecule has 1 heterocycles. The summed E-state index contributed by atoms with van der Waals surface area (Å²) in [7, 11) is 0. The smallest absolute Gasteiger partial charge is 0.0185 e. The van der Waals surface area contributed by atoms with E-state index in [1.54, 1.807) is 0 Å². The van der Waals surface area contributed by atoms with Crippen LogP contribution in [0.1, 0.15) is 25.7 Å². The standard InChI is InChI=1S/C8H13N/c1-2-8(1)4-6-3-7(6)5-9-8/h6-7,9H,1-5H2. The van der Waals surface area contributed by atoms with Crippen molar-refractivity contribution in [2.45, 2.75) is 31.2 Å². The van der Waals surface area contributed by atoms with Crippen LogP contribution in [-0.4, -0.2) is 12.1 Å². The molecule has 1 nitrogen and oxygen atoms in total. The van der Waals surface area contributed by atoms with Crippen LogP contribution in [0.5, 0.6) is 0 Å². The number of nitrogens with one attached hydrogen (secondary N) is 1. The predicted octanol–water partition coefficient (Wildman–Crippen LogP) is 1.15. The molecule has 1 saturated heterocycles. The highest BCUT2D eigenvalue weighted by molar-refractivity contribution is 5.11. The Balaban J connectivity index is 1.80. The van der Waals surface area contributed by atoms with E-state index in [1.165, 1.54) is 32.2 Å². The van der Waals surface area contributed by atoms with Gasteiger partial charge in [0.05, 0.1) is 0 Å². The van der Waals surface area contributed by atoms with Gasteiger partial charge in [-0.25, -0.2) is 0 Å². The van der Waals surface area contributed by atoms with Gasteiger partial charge >= 0.3 is 0 Å². The van der Waals surface area contributed by atoms with Gasteiger partial charge in [0.1, 0.15) is 0 Å². The van der Waals surface area contributed by atoms with Crippen molar-refractivity contribution in [1.82, 2.24) is 5.32 Å². The first-order valence-electron chi connectivity index (χ1n) is 4.13. The molecule has 2 unspecified atom stereocenters. The molecule has 0 aromatic rings. The third-order valence-corrected chi connectivity index (χ3v) is 3.31. The average Bonchev–Trinajstić information content (AvgIpc) is 2.70. The van der Waals surface area contributed by atoms with Crippen molar-refractivity contribution in [2.75, 3.05) is 6.54 Å². The minimum atomic E-state index is 0.692. The van der Waals surface area contributed by atoms with E-state index in [-0.39, 0.29) is 0 Å². The zero-order chi connectivity index (χ0) is 5.90. The summed E-state index contributed by atoms with van der Waals surface area (Å²) >= 11 is 0. The molecule has 2 atom stereocenters. The molecular weight excluding hydrogens is 110 g/mol. The molecule has 0 amide bonds. The summed E-state index contributed by atoms with van der Waals surface area (Å²) in [5.74, 6) is 2.24. The van der Waals surface area contributed by atoms with Crippen molar-refractivity contribution in [3.8, 4) is 0 Å². The van der Waals surface area contributed by atoms with Crippen molar-refractivity contribution in [3.63, 3.8) is 0 Å². The fourth-order valence-electron chi connectivity index (χ4n) is 2.26. The van der Waals surface area contributed by atoms with Crippen LogP contribution in [0.15, 0.2) is 0 Å². The van der Waals surface area contributed by atoms with E-state index >= 15 is 0 Å². The Morgan fingerprint density at radius 2 is 2.11 bits per heavy atom. The first kappa shape index (κ1) is 4.73. The predicted molar refractivity (Wildman–Crippen MR) is 36.2 cm³/mol. The summed E-state index contributed by atoms with van der Waals surface area (Å²) in [6.45, 7) is 1.34. The Kier molecular flexibility index (Phi) is 0.628. The summed E-state index contributed by atoms with van der Waals surface area (Å²) < 4.78 is 0.